The van der Waals surface area contributed by atoms with Gasteiger partial charge in [0.25, 0.3) is 0 Å². The fraction of sp³-hybridized carbons (Fsp3) is 0.143. The maximum atomic E-state index is 3.06. The summed E-state index contributed by atoms with van der Waals surface area (Å²) >= 11 is 1.83. The minimum absolute atomic E-state index is 1.33. The number of aromatic nitrogens is 1. The van der Waals surface area contributed by atoms with Gasteiger partial charge in [0.15, 0.2) is 0 Å². The van der Waals surface area contributed by atoms with Crippen molar-refractivity contribution in [2.75, 3.05) is 0 Å². The monoisotopic (exact) mass is 137 g/mol. The fourth-order valence-corrected chi connectivity index (χ4v) is 1.88. The predicted molar refractivity (Wildman–Crippen MR) is 40.9 cm³/mol. The Bertz CT molecular complexity index is 290. The van der Waals surface area contributed by atoms with E-state index < -0.39 is 0 Å². The van der Waals surface area contributed by atoms with Crippen molar-refractivity contribution >= 4 is 21.4 Å². The predicted octanol–water partition coefficient (Wildman–Crippen LogP) is 2.54. The number of thiophene rings is 1. The first kappa shape index (κ1) is 5.06. The first-order valence-corrected chi connectivity index (χ1v) is 3.71. The zero-order valence-electron chi connectivity index (χ0n) is 5.14. The lowest BCUT2D eigenvalue weighted by Gasteiger charge is -1.70. The highest BCUT2D eigenvalue weighted by atomic mass is 32.1. The van der Waals surface area contributed by atoms with Crippen LogP contribution in [0.15, 0.2) is 18.5 Å². The van der Waals surface area contributed by atoms with Crippen molar-refractivity contribution in [1.29, 1.82) is 0 Å². The van der Waals surface area contributed by atoms with Crippen molar-refractivity contribution in [3.63, 3.8) is 0 Å². The van der Waals surface area contributed by atoms with Crippen LogP contribution in [0.4, 0.5) is 0 Å². The molecule has 0 aromatic carbocycles. The van der Waals surface area contributed by atoms with Gasteiger partial charge in [0.1, 0.15) is 0 Å². The number of rotatable bonds is 0. The number of hydrogen-bond acceptors (Lipinski definition) is 1. The lowest BCUT2D eigenvalue weighted by atomic mass is 10.4. The van der Waals surface area contributed by atoms with Gasteiger partial charge in [-0.1, -0.05) is 0 Å². The van der Waals surface area contributed by atoms with Gasteiger partial charge in [0.2, 0.25) is 0 Å². The lowest BCUT2D eigenvalue weighted by Crippen LogP contribution is -1.50. The van der Waals surface area contributed by atoms with E-state index in [1.807, 2.05) is 23.7 Å². The molecule has 1 nitrogen and oxygen atoms in total. The lowest BCUT2D eigenvalue weighted by molar-refractivity contribution is 1.43. The van der Waals surface area contributed by atoms with E-state index in [-0.39, 0.29) is 0 Å². The molecule has 2 aromatic heterocycles. The maximum Gasteiger partial charge on any atom is 0.0520 e. The SMILES string of the molecule is Cc1cc2c[nH]cc2s1. The van der Waals surface area contributed by atoms with Gasteiger partial charge in [0.05, 0.1) is 4.70 Å². The third-order valence-corrected chi connectivity index (χ3v) is 2.38. The molecule has 1 N–H and O–H groups in total. The number of H-pyrrole nitrogens is 1. The second-order valence-electron chi connectivity index (χ2n) is 2.13. The molecular weight excluding hydrogens is 130 g/mol. The van der Waals surface area contributed by atoms with E-state index in [4.69, 9.17) is 0 Å². The smallest absolute Gasteiger partial charge is 0.0520 e. The van der Waals surface area contributed by atoms with E-state index in [9.17, 15) is 0 Å². The molecule has 0 saturated carbocycles. The molecule has 0 saturated heterocycles. The Morgan fingerprint density at radius 1 is 1.44 bits per heavy atom. The van der Waals surface area contributed by atoms with Gasteiger partial charge in [-0.2, -0.15) is 0 Å². The summed E-state index contributed by atoms with van der Waals surface area (Å²) in [6.45, 7) is 2.13. The van der Waals surface area contributed by atoms with Crippen LogP contribution in [0, 0.1) is 6.92 Å². The number of aryl methyl sites for hydroxylation is 1. The summed E-state index contributed by atoms with van der Waals surface area (Å²) in [7, 11) is 0. The molecule has 2 rings (SSSR count). The zero-order chi connectivity index (χ0) is 6.27. The molecule has 0 fully saturated rings. The van der Waals surface area contributed by atoms with Gasteiger partial charge in [-0.05, 0) is 13.0 Å². The van der Waals surface area contributed by atoms with Gasteiger partial charge >= 0.3 is 0 Å². The number of fused-ring (bicyclic) bond motifs is 1. The Balaban J connectivity index is 2.92. The van der Waals surface area contributed by atoms with Gasteiger partial charge < -0.3 is 4.98 Å². The minimum atomic E-state index is 1.33. The van der Waals surface area contributed by atoms with E-state index in [0.29, 0.717) is 0 Å². The van der Waals surface area contributed by atoms with E-state index in [1.54, 1.807) is 0 Å². The Hall–Kier alpha value is -0.760. The molecule has 0 spiro atoms. The van der Waals surface area contributed by atoms with Crippen LogP contribution < -0.4 is 0 Å². The van der Waals surface area contributed by atoms with Crippen molar-refractivity contribution in [2.24, 2.45) is 0 Å². The highest BCUT2D eigenvalue weighted by Gasteiger charge is 1.95. The first-order chi connectivity index (χ1) is 4.36. The molecular formula is C7H7NS. The first-order valence-electron chi connectivity index (χ1n) is 2.89. The Morgan fingerprint density at radius 2 is 2.33 bits per heavy atom. The van der Waals surface area contributed by atoms with Crippen molar-refractivity contribution in [3.05, 3.63) is 23.3 Å². The zero-order valence-corrected chi connectivity index (χ0v) is 5.96. The second kappa shape index (κ2) is 1.61. The second-order valence-corrected chi connectivity index (χ2v) is 3.42. The van der Waals surface area contributed by atoms with Crippen LogP contribution in [0.1, 0.15) is 4.88 Å². The summed E-state index contributed by atoms with van der Waals surface area (Å²) in [4.78, 5) is 4.44. The third kappa shape index (κ3) is 0.669. The minimum Gasteiger partial charge on any atom is -0.366 e. The van der Waals surface area contributed by atoms with Gasteiger partial charge in [-0.25, -0.2) is 0 Å². The summed E-state index contributed by atoms with van der Waals surface area (Å²) in [6.07, 6.45) is 4.06. The molecule has 2 heterocycles. The maximum absolute atomic E-state index is 3.06. The van der Waals surface area contributed by atoms with Crippen LogP contribution in [-0.2, 0) is 0 Å². The molecule has 0 aliphatic heterocycles. The molecule has 0 bridgehead atoms. The highest BCUT2D eigenvalue weighted by Crippen LogP contribution is 2.23. The Morgan fingerprint density at radius 3 is 3.11 bits per heavy atom. The van der Waals surface area contributed by atoms with Gasteiger partial charge in [-0.3, -0.25) is 0 Å². The standard InChI is InChI=1S/C7H7NS/c1-5-2-6-3-8-4-7(6)9-5/h2-4,8H,1H3. The summed E-state index contributed by atoms with van der Waals surface area (Å²) in [5, 5.41) is 1.33. The van der Waals surface area contributed by atoms with Crippen LogP contribution in [0.5, 0.6) is 0 Å². The molecule has 2 aromatic rings. The number of aromatic amines is 1. The summed E-state index contributed by atoms with van der Waals surface area (Å²) in [5.74, 6) is 0. The van der Waals surface area contributed by atoms with E-state index in [1.165, 1.54) is 15.0 Å². The topological polar surface area (TPSA) is 15.8 Å². The van der Waals surface area contributed by atoms with Crippen molar-refractivity contribution in [1.82, 2.24) is 4.98 Å². The third-order valence-electron chi connectivity index (χ3n) is 1.37. The molecule has 0 aliphatic rings. The summed E-state index contributed by atoms with van der Waals surface area (Å²) in [5.41, 5.74) is 0. The molecule has 0 aliphatic carbocycles. The Kier molecular flexibility index (Phi) is 0.904. The van der Waals surface area contributed by atoms with E-state index >= 15 is 0 Å². The van der Waals surface area contributed by atoms with Crippen LogP contribution in [0.25, 0.3) is 10.1 Å². The van der Waals surface area contributed by atoms with Crippen LogP contribution in [0.3, 0.4) is 0 Å². The largest absolute Gasteiger partial charge is 0.366 e. The van der Waals surface area contributed by atoms with Crippen molar-refractivity contribution in [2.45, 2.75) is 6.92 Å². The Labute approximate surface area is 57.3 Å². The number of nitrogens with one attached hydrogen (secondary N) is 1. The molecule has 0 unspecified atom stereocenters. The average molecular weight is 137 g/mol. The van der Waals surface area contributed by atoms with Gasteiger partial charge in [0, 0.05) is 22.7 Å². The van der Waals surface area contributed by atoms with Crippen LogP contribution >= 0.6 is 11.3 Å². The van der Waals surface area contributed by atoms with E-state index in [2.05, 4.69) is 18.0 Å². The van der Waals surface area contributed by atoms with Crippen molar-refractivity contribution < 1.29 is 0 Å². The summed E-state index contributed by atoms with van der Waals surface area (Å²) in [6, 6.07) is 2.19. The molecule has 2 heteroatoms. The van der Waals surface area contributed by atoms with Crippen LogP contribution in [0.2, 0.25) is 0 Å². The summed E-state index contributed by atoms with van der Waals surface area (Å²) < 4.78 is 1.35. The highest BCUT2D eigenvalue weighted by molar-refractivity contribution is 7.19. The normalized spacial score (nSPS) is 10.8. The molecule has 0 amide bonds. The van der Waals surface area contributed by atoms with Crippen LogP contribution in [-0.4, -0.2) is 4.98 Å². The van der Waals surface area contributed by atoms with E-state index in [0.717, 1.165) is 0 Å². The fourth-order valence-electron chi connectivity index (χ4n) is 0.985. The van der Waals surface area contributed by atoms with Crippen molar-refractivity contribution in [3.8, 4) is 0 Å². The molecule has 0 radical (unpaired) electrons. The quantitative estimate of drug-likeness (QED) is 0.574. The van der Waals surface area contributed by atoms with Gasteiger partial charge in [-0.15, -0.1) is 11.3 Å². The molecule has 46 valence electrons. The number of hydrogen-bond donors (Lipinski definition) is 1. The average Bonchev–Trinajstić information content (AvgIpc) is 2.22. The molecule has 0 atom stereocenters. The molecule has 9 heavy (non-hydrogen) atoms.